The summed E-state index contributed by atoms with van der Waals surface area (Å²) in [7, 11) is 3.68. The van der Waals surface area contributed by atoms with E-state index >= 15 is 0 Å². The van der Waals surface area contributed by atoms with Crippen LogP contribution in [0.5, 0.6) is 0 Å². The molecule has 0 radical (unpaired) electrons. The van der Waals surface area contributed by atoms with E-state index in [1.165, 1.54) is 29.9 Å². The molecule has 0 aromatic heterocycles. The maximum Gasteiger partial charge on any atom is 0.193 e. The molecule has 1 aliphatic carbocycles. The third-order valence-electron chi connectivity index (χ3n) is 5.35. The number of rotatable bonds is 10. The third-order valence-corrected chi connectivity index (χ3v) is 6.60. The van der Waals surface area contributed by atoms with Gasteiger partial charge in [0.1, 0.15) is 0 Å². The normalized spacial score (nSPS) is 19.8. The highest BCUT2D eigenvalue weighted by Crippen LogP contribution is 2.27. The fourth-order valence-electron chi connectivity index (χ4n) is 3.66. The Bertz CT molecular complexity index is 585. The molecule has 158 valence electrons. The lowest BCUT2D eigenvalue weighted by molar-refractivity contribution is 0.144. The first kappa shape index (κ1) is 23.8. The average molecular weight is 519 g/mol. The van der Waals surface area contributed by atoms with Crippen LogP contribution in [-0.2, 0) is 4.74 Å². The van der Waals surface area contributed by atoms with E-state index in [1.807, 2.05) is 18.8 Å². The highest BCUT2D eigenvalue weighted by molar-refractivity contribution is 14.0. The Morgan fingerprint density at radius 2 is 2.04 bits per heavy atom. The van der Waals surface area contributed by atoms with Crippen LogP contribution in [0.25, 0.3) is 0 Å². The minimum absolute atomic E-state index is 0. The summed E-state index contributed by atoms with van der Waals surface area (Å²) >= 11 is 1.97. The number of likely N-dealkylation sites (tertiary alicyclic amines) is 1. The molecule has 1 heterocycles. The van der Waals surface area contributed by atoms with E-state index in [9.17, 15) is 0 Å². The SMILES string of the molecule is CN=C(NCCN(CCOC)C1CC1)N1CCC(CSc2ccccc2)C1.I. The Hall–Kier alpha value is -0.510. The fourth-order valence-corrected chi connectivity index (χ4v) is 4.71. The number of nitrogens with one attached hydrogen (secondary N) is 1. The van der Waals surface area contributed by atoms with Gasteiger partial charge in [-0.25, -0.2) is 0 Å². The molecule has 5 nitrogen and oxygen atoms in total. The summed E-state index contributed by atoms with van der Waals surface area (Å²) in [4.78, 5) is 10.9. The molecule has 0 bridgehead atoms. The predicted molar refractivity (Wildman–Crippen MR) is 130 cm³/mol. The van der Waals surface area contributed by atoms with Crippen LogP contribution in [0.4, 0.5) is 0 Å². The zero-order valence-electron chi connectivity index (χ0n) is 17.2. The summed E-state index contributed by atoms with van der Waals surface area (Å²) in [6, 6.07) is 11.5. The van der Waals surface area contributed by atoms with Crippen LogP contribution in [0.2, 0.25) is 0 Å². The monoisotopic (exact) mass is 518 g/mol. The van der Waals surface area contributed by atoms with Gasteiger partial charge in [-0.1, -0.05) is 18.2 Å². The quantitative estimate of drug-likeness (QED) is 0.223. The molecule has 0 spiro atoms. The van der Waals surface area contributed by atoms with Crippen molar-refractivity contribution in [2.75, 3.05) is 59.2 Å². The highest BCUT2D eigenvalue weighted by atomic mass is 127. The second-order valence-electron chi connectivity index (χ2n) is 7.46. The van der Waals surface area contributed by atoms with Crippen LogP contribution in [0.15, 0.2) is 40.2 Å². The number of nitrogens with zero attached hydrogens (tertiary/aromatic N) is 3. The second-order valence-corrected chi connectivity index (χ2v) is 8.55. The molecule has 2 fully saturated rings. The van der Waals surface area contributed by atoms with E-state index in [0.29, 0.717) is 0 Å². The Kier molecular flexibility index (Phi) is 11.0. The molecule has 0 amide bonds. The van der Waals surface area contributed by atoms with Crippen LogP contribution in [0, 0.1) is 5.92 Å². The summed E-state index contributed by atoms with van der Waals surface area (Å²) in [5, 5.41) is 3.58. The van der Waals surface area contributed by atoms with Gasteiger partial charge in [-0.15, -0.1) is 35.7 Å². The number of hydrogen-bond acceptors (Lipinski definition) is 4. The number of hydrogen-bond donors (Lipinski definition) is 1. The summed E-state index contributed by atoms with van der Waals surface area (Å²) in [5.41, 5.74) is 0. The van der Waals surface area contributed by atoms with Gasteiger partial charge in [-0.05, 0) is 37.3 Å². The van der Waals surface area contributed by atoms with Gasteiger partial charge in [0.05, 0.1) is 6.61 Å². The van der Waals surface area contributed by atoms with E-state index in [0.717, 1.165) is 57.2 Å². The molecule has 1 aromatic rings. The van der Waals surface area contributed by atoms with Crippen molar-refractivity contribution in [1.29, 1.82) is 0 Å². The van der Waals surface area contributed by atoms with E-state index in [4.69, 9.17) is 4.74 Å². The van der Waals surface area contributed by atoms with E-state index in [-0.39, 0.29) is 24.0 Å². The molecule has 1 atom stereocenters. The van der Waals surface area contributed by atoms with Crippen molar-refractivity contribution in [2.24, 2.45) is 10.9 Å². The zero-order chi connectivity index (χ0) is 18.9. The first-order chi connectivity index (χ1) is 13.3. The molecule has 2 aliphatic rings. The number of thioether (sulfide) groups is 1. The van der Waals surface area contributed by atoms with Crippen molar-refractivity contribution < 1.29 is 4.74 Å². The molecule has 28 heavy (non-hydrogen) atoms. The molecule has 1 saturated heterocycles. The molecule has 3 rings (SSSR count). The molecule has 1 aromatic carbocycles. The van der Waals surface area contributed by atoms with Gasteiger partial charge in [0, 0.05) is 63.6 Å². The lowest BCUT2D eigenvalue weighted by atomic mass is 10.2. The lowest BCUT2D eigenvalue weighted by Gasteiger charge is -2.25. The lowest BCUT2D eigenvalue weighted by Crippen LogP contribution is -2.44. The van der Waals surface area contributed by atoms with Gasteiger partial charge in [0.2, 0.25) is 0 Å². The molecule has 7 heteroatoms. The van der Waals surface area contributed by atoms with Gasteiger partial charge in [-0.3, -0.25) is 9.89 Å². The smallest absolute Gasteiger partial charge is 0.193 e. The average Bonchev–Trinajstić information content (AvgIpc) is 3.44. The van der Waals surface area contributed by atoms with Crippen LogP contribution in [0.3, 0.4) is 0 Å². The maximum atomic E-state index is 5.25. The van der Waals surface area contributed by atoms with Crippen molar-refractivity contribution in [2.45, 2.75) is 30.2 Å². The molecular weight excluding hydrogens is 483 g/mol. The van der Waals surface area contributed by atoms with Crippen LogP contribution in [-0.4, -0.2) is 81.0 Å². The van der Waals surface area contributed by atoms with E-state index in [1.54, 1.807) is 7.11 Å². The molecule has 1 aliphatic heterocycles. The number of guanidine groups is 1. The molecule has 1 N–H and O–H groups in total. The van der Waals surface area contributed by atoms with Crippen LogP contribution >= 0.6 is 35.7 Å². The third kappa shape index (κ3) is 7.72. The van der Waals surface area contributed by atoms with E-state index in [2.05, 4.69) is 50.4 Å². The van der Waals surface area contributed by atoms with Crippen LogP contribution in [0.1, 0.15) is 19.3 Å². The molecular formula is C21H35IN4OS. The highest BCUT2D eigenvalue weighted by Gasteiger charge is 2.29. The number of aliphatic imine (C=N–C) groups is 1. The van der Waals surface area contributed by atoms with Crippen molar-refractivity contribution in [1.82, 2.24) is 15.1 Å². The number of halogens is 1. The number of ether oxygens (including phenoxy) is 1. The standard InChI is InChI=1S/C21H34N4OS.HI/c1-22-21(23-11-13-24(14-15-26-2)19-8-9-19)25-12-10-18(16-25)17-27-20-6-4-3-5-7-20;/h3-7,18-19H,8-17H2,1-2H3,(H,22,23);1H. The van der Waals surface area contributed by atoms with Gasteiger partial charge in [-0.2, -0.15) is 0 Å². The van der Waals surface area contributed by atoms with Crippen molar-refractivity contribution in [3.05, 3.63) is 30.3 Å². The topological polar surface area (TPSA) is 40.1 Å². The first-order valence-electron chi connectivity index (χ1n) is 10.2. The summed E-state index contributed by atoms with van der Waals surface area (Å²) in [6.45, 7) is 6.08. The summed E-state index contributed by atoms with van der Waals surface area (Å²) < 4.78 is 5.25. The minimum atomic E-state index is 0. The Labute approximate surface area is 191 Å². The zero-order valence-corrected chi connectivity index (χ0v) is 20.3. The summed E-state index contributed by atoms with van der Waals surface area (Å²) in [5.74, 6) is 2.98. The van der Waals surface area contributed by atoms with E-state index < -0.39 is 0 Å². The van der Waals surface area contributed by atoms with Gasteiger partial charge < -0.3 is 15.0 Å². The van der Waals surface area contributed by atoms with Gasteiger partial charge in [0.15, 0.2) is 5.96 Å². The number of benzene rings is 1. The number of methoxy groups -OCH3 is 1. The Balaban J connectivity index is 0.00000280. The molecule has 1 unspecified atom stereocenters. The first-order valence-corrected chi connectivity index (χ1v) is 11.1. The van der Waals surface area contributed by atoms with Crippen molar-refractivity contribution in [3.8, 4) is 0 Å². The molecule has 1 saturated carbocycles. The van der Waals surface area contributed by atoms with Crippen LogP contribution < -0.4 is 5.32 Å². The van der Waals surface area contributed by atoms with Crippen molar-refractivity contribution in [3.63, 3.8) is 0 Å². The Morgan fingerprint density at radius 3 is 2.71 bits per heavy atom. The Morgan fingerprint density at radius 1 is 1.25 bits per heavy atom. The van der Waals surface area contributed by atoms with Crippen molar-refractivity contribution >= 4 is 41.7 Å². The predicted octanol–water partition coefficient (Wildman–Crippen LogP) is 3.40. The summed E-state index contributed by atoms with van der Waals surface area (Å²) in [6.07, 6.45) is 3.93. The largest absolute Gasteiger partial charge is 0.383 e. The van der Waals surface area contributed by atoms with Gasteiger partial charge in [0.25, 0.3) is 0 Å². The maximum absolute atomic E-state index is 5.25. The van der Waals surface area contributed by atoms with Gasteiger partial charge >= 0.3 is 0 Å². The second kappa shape index (κ2) is 12.9. The minimum Gasteiger partial charge on any atom is -0.383 e. The fraction of sp³-hybridized carbons (Fsp3) is 0.667.